The average molecular weight is 224 g/mol. The number of carbonyl (C=O) groups excluding carboxylic acids is 1. The third kappa shape index (κ3) is 3.51. The molecule has 1 aromatic rings. The molecule has 0 fully saturated rings. The number of hydrogen-bond donors (Lipinski definition) is 1. The van der Waals surface area contributed by atoms with Crippen LogP contribution < -0.4 is 5.48 Å². The van der Waals surface area contributed by atoms with Crippen molar-refractivity contribution in [3.8, 4) is 0 Å². The van der Waals surface area contributed by atoms with E-state index >= 15 is 0 Å². The van der Waals surface area contributed by atoms with Gasteiger partial charge in [0.25, 0.3) is 0 Å². The van der Waals surface area contributed by atoms with Crippen molar-refractivity contribution in [3.05, 3.63) is 23.9 Å². The maximum absolute atomic E-state index is 11.4. The van der Waals surface area contributed by atoms with E-state index in [1.54, 1.807) is 18.3 Å². The molecule has 0 saturated heterocycles. The summed E-state index contributed by atoms with van der Waals surface area (Å²) >= 11 is 0. The first-order chi connectivity index (χ1) is 7.44. The van der Waals surface area contributed by atoms with Crippen LogP contribution >= 0.6 is 0 Å². The lowest BCUT2D eigenvalue weighted by molar-refractivity contribution is 0.0358. The van der Waals surface area contributed by atoms with Gasteiger partial charge in [0.15, 0.2) is 5.82 Å². The fourth-order valence-electron chi connectivity index (χ4n) is 0.963. The minimum atomic E-state index is -0.451. The summed E-state index contributed by atoms with van der Waals surface area (Å²) in [4.78, 5) is 20.7. The predicted molar refractivity (Wildman–Crippen MR) is 60.0 cm³/mol. The van der Waals surface area contributed by atoms with Crippen LogP contribution in [0.1, 0.15) is 31.1 Å². The highest BCUT2D eigenvalue weighted by molar-refractivity contribution is 5.94. The highest BCUT2D eigenvalue weighted by Gasteiger charge is 2.16. The second-order valence-corrected chi connectivity index (χ2v) is 4.21. The number of aromatic nitrogens is 1. The van der Waals surface area contributed by atoms with E-state index in [2.05, 4.69) is 15.2 Å². The Balaban J connectivity index is 2.83. The SMILES string of the molecule is COC(=O)c1cccnc1NOC(C)(C)C. The summed E-state index contributed by atoms with van der Waals surface area (Å²) < 4.78 is 4.63. The van der Waals surface area contributed by atoms with Crippen LogP contribution in [0.3, 0.4) is 0 Å². The second kappa shape index (κ2) is 4.94. The summed E-state index contributed by atoms with van der Waals surface area (Å²) in [6.45, 7) is 5.67. The molecule has 88 valence electrons. The van der Waals surface area contributed by atoms with Crippen LogP contribution in [0.2, 0.25) is 0 Å². The zero-order valence-corrected chi connectivity index (χ0v) is 9.90. The Kier molecular flexibility index (Phi) is 3.84. The first-order valence-electron chi connectivity index (χ1n) is 4.91. The van der Waals surface area contributed by atoms with Crippen LogP contribution in [0, 0.1) is 0 Å². The highest BCUT2D eigenvalue weighted by atomic mass is 16.7. The third-order valence-electron chi connectivity index (χ3n) is 1.67. The Bertz CT molecular complexity index is 372. The molecule has 0 unspecified atom stereocenters. The molecule has 0 amide bonds. The van der Waals surface area contributed by atoms with E-state index in [9.17, 15) is 4.79 Å². The molecule has 0 saturated carbocycles. The van der Waals surface area contributed by atoms with Crippen molar-refractivity contribution in [1.82, 2.24) is 4.98 Å². The van der Waals surface area contributed by atoms with Gasteiger partial charge in [-0.05, 0) is 32.9 Å². The normalized spacial score (nSPS) is 11.0. The first-order valence-corrected chi connectivity index (χ1v) is 4.91. The van der Waals surface area contributed by atoms with Gasteiger partial charge in [-0.15, -0.1) is 0 Å². The molecule has 1 rings (SSSR count). The van der Waals surface area contributed by atoms with E-state index in [-0.39, 0.29) is 5.60 Å². The maximum atomic E-state index is 11.4. The van der Waals surface area contributed by atoms with Gasteiger partial charge in [0.2, 0.25) is 0 Å². The van der Waals surface area contributed by atoms with Crippen molar-refractivity contribution in [1.29, 1.82) is 0 Å². The van der Waals surface area contributed by atoms with Crippen LogP contribution in [0.4, 0.5) is 5.82 Å². The minimum Gasteiger partial charge on any atom is -0.465 e. The number of rotatable bonds is 3. The zero-order chi connectivity index (χ0) is 12.2. The number of pyridine rings is 1. The van der Waals surface area contributed by atoms with Gasteiger partial charge in [0.05, 0.1) is 12.7 Å². The average Bonchev–Trinajstić information content (AvgIpc) is 2.25. The fourth-order valence-corrected chi connectivity index (χ4v) is 0.963. The minimum absolute atomic E-state index is 0.342. The molecular formula is C11H16N2O3. The Morgan fingerprint density at radius 1 is 1.44 bits per heavy atom. The van der Waals surface area contributed by atoms with Gasteiger partial charge >= 0.3 is 5.97 Å². The van der Waals surface area contributed by atoms with E-state index in [1.807, 2.05) is 20.8 Å². The summed E-state index contributed by atoms with van der Waals surface area (Å²) in [5.74, 6) is -0.0996. The van der Waals surface area contributed by atoms with Crippen molar-refractivity contribution < 1.29 is 14.4 Å². The van der Waals surface area contributed by atoms with Crippen molar-refractivity contribution in [2.45, 2.75) is 26.4 Å². The van der Waals surface area contributed by atoms with Crippen LogP contribution in [0.25, 0.3) is 0 Å². The second-order valence-electron chi connectivity index (χ2n) is 4.21. The van der Waals surface area contributed by atoms with Crippen LogP contribution in [-0.2, 0) is 9.57 Å². The molecule has 1 N–H and O–H groups in total. The fraction of sp³-hybridized carbons (Fsp3) is 0.455. The summed E-state index contributed by atoms with van der Waals surface area (Å²) in [7, 11) is 1.32. The zero-order valence-electron chi connectivity index (χ0n) is 9.90. The number of nitrogens with one attached hydrogen (secondary N) is 1. The van der Waals surface area contributed by atoms with Crippen molar-refractivity contribution in [2.24, 2.45) is 0 Å². The predicted octanol–water partition coefficient (Wildman–Crippen LogP) is 2.01. The molecule has 0 atom stereocenters. The molecule has 5 heteroatoms. The molecule has 0 aromatic carbocycles. The van der Waals surface area contributed by atoms with Gasteiger partial charge in [-0.25, -0.2) is 15.3 Å². The standard InChI is InChI=1S/C11H16N2O3/c1-11(2,3)16-13-9-8(10(14)15-4)6-5-7-12-9/h5-7H,1-4H3,(H,12,13). The molecule has 16 heavy (non-hydrogen) atoms. The molecule has 0 bridgehead atoms. The van der Waals surface area contributed by atoms with Gasteiger partial charge in [0, 0.05) is 6.20 Å². The topological polar surface area (TPSA) is 60.5 Å². The molecule has 0 spiro atoms. The largest absolute Gasteiger partial charge is 0.465 e. The quantitative estimate of drug-likeness (QED) is 0.628. The molecular weight excluding hydrogens is 208 g/mol. The van der Waals surface area contributed by atoms with Gasteiger partial charge in [-0.3, -0.25) is 4.84 Å². The van der Waals surface area contributed by atoms with Crippen molar-refractivity contribution in [3.63, 3.8) is 0 Å². The van der Waals surface area contributed by atoms with Crippen LogP contribution in [0.5, 0.6) is 0 Å². The number of nitrogens with zero attached hydrogens (tertiary/aromatic N) is 1. The highest BCUT2D eigenvalue weighted by Crippen LogP contribution is 2.15. The smallest absolute Gasteiger partial charge is 0.341 e. The van der Waals surface area contributed by atoms with Crippen LogP contribution in [0.15, 0.2) is 18.3 Å². The molecule has 0 aliphatic heterocycles. The lowest BCUT2D eigenvalue weighted by Gasteiger charge is -2.20. The number of anilines is 1. The number of methoxy groups -OCH3 is 1. The molecule has 1 heterocycles. The Morgan fingerprint density at radius 3 is 2.69 bits per heavy atom. The monoisotopic (exact) mass is 224 g/mol. The van der Waals surface area contributed by atoms with Crippen molar-refractivity contribution in [2.75, 3.05) is 12.6 Å². The molecule has 0 aliphatic carbocycles. The first kappa shape index (κ1) is 12.4. The molecule has 0 aliphatic rings. The van der Waals surface area contributed by atoms with Gasteiger partial charge in [0.1, 0.15) is 5.56 Å². The molecule has 1 aromatic heterocycles. The van der Waals surface area contributed by atoms with Gasteiger partial charge in [-0.2, -0.15) is 0 Å². The third-order valence-corrected chi connectivity index (χ3v) is 1.67. The Morgan fingerprint density at radius 2 is 2.12 bits per heavy atom. The lowest BCUT2D eigenvalue weighted by Crippen LogP contribution is -2.24. The van der Waals surface area contributed by atoms with E-state index in [0.717, 1.165) is 0 Å². The lowest BCUT2D eigenvalue weighted by atomic mass is 10.2. The number of esters is 1. The number of hydrogen-bond acceptors (Lipinski definition) is 5. The summed E-state index contributed by atoms with van der Waals surface area (Å²) in [6.07, 6.45) is 1.57. The number of carbonyl (C=O) groups is 1. The summed E-state index contributed by atoms with van der Waals surface area (Å²) in [5.41, 5.74) is 2.63. The van der Waals surface area contributed by atoms with Crippen molar-refractivity contribution >= 4 is 11.8 Å². The van der Waals surface area contributed by atoms with E-state index < -0.39 is 5.97 Å². The van der Waals surface area contributed by atoms with E-state index in [1.165, 1.54) is 7.11 Å². The Hall–Kier alpha value is -1.62. The van der Waals surface area contributed by atoms with Gasteiger partial charge < -0.3 is 4.74 Å². The molecule has 0 radical (unpaired) electrons. The van der Waals surface area contributed by atoms with E-state index in [4.69, 9.17) is 4.84 Å². The molecule has 5 nitrogen and oxygen atoms in total. The van der Waals surface area contributed by atoms with Gasteiger partial charge in [-0.1, -0.05) is 0 Å². The maximum Gasteiger partial charge on any atom is 0.341 e. The summed E-state index contributed by atoms with van der Waals surface area (Å²) in [6, 6.07) is 3.28. The van der Waals surface area contributed by atoms with E-state index in [0.29, 0.717) is 11.4 Å². The Labute approximate surface area is 94.7 Å². The summed E-state index contributed by atoms with van der Waals surface area (Å²) in [5, 5.41) is 0. The number of ether oxygens (including phenoxy) is 1. The van der Waals surface area contributed by atoms with Crippen LogP contribution in [-0.4, -0.2) is 23.7 Å².